The van der Waals surface area contributed by atoms with E-state index in [0.717, 1.165) is 0 Å². The number of nitrogens with zero attached hydrogens (tertiary/aromatic N) is 3. The number of hydrogen-bond donors (Lipinski definition) is 2. The highest BCUT2D eigenvalue weighted by Crippen LogP contribution is 2.33. The van der Waals surface area contributed by atoms with Crippen LogP contribution in [0.2, 0.25) is 10.0 Å². The first-order valence-corrected chi connectivity index (χ1v) is 5.98. The third-order valence-electron chi connectivity index (χ3n) is 2.37. The van der Waals surface area contributed by atoms with E-state index in [0.29, 0.717) is 27.0 Å². The topological polar surface area (TPSA) is 89.7 Å². The molecule has 2 aromatic heterocycles. The molecule has 6 nitrogen and oxygen atoms in total. The maximum atomic E-state index is 6.03. The Kier molecular flexibility index (Phi) is 2.88. The van der Waals surface area contributed by atoms with E-state index < -0.39 is 0 Å². The second-order valence-electron chi connectivity index (χ2n) is 3.66. The van der Waals surface area contributed by atoms with E-state index in [4.69, 9.17) is 33.7 Å². The van der Waals surface area contributed by atoms with Crippen LogP contribution >= 0.6 is 23.2 Å². The monoisotopic (exact) mass is 295 g/mol. The lowest BCUT2D eigenvalue weighted by molar-refractivity contribution is 0.468. The molecule has 0 fully saturated rings. The second-order valence-corrected chi connectivity index (χ2v) is 4.51. The van der Waals surface area contributed by atoms with Crippen LogP contribution in [0.3, 0.4) is 0 Å². The van der Waals surface area contributed by atoms with E-state index in [-0.39, 0.29) is 11.8 Å². The van der Waals surface area contributed by atoms with Gasteiger partial charge < -0.3 is 15.5 Å². The fourth-order valence-corrected chi connectivity index (χ4v) is 1.87. The van der Waals surface area contributed by atoms with Gasteiger partial charge in [0.25, 0.3) is 5.88 Å². The average molecular weight is 296 g/mol. The second kappa shape index (κ2) is 4.56. The number of rotatable bonds is 2. The smallest absolute Gasteiger partial charge is 0.250 e. The van der Waals surface area contributed by atoms with Crippen LogP contribution in [0.4, 0.5) is 5.95 Å². The Hall–Kier alpha value is -2.05. The number of imidazole rings is 1. The Bertz CT molecular complexity index is 758. The third kappa shape index (κ3) is 2.27. The minimum Gasteiger partial charge on any atom is -0.435 e. The standard InChI is InChI=1S/C11H7Cl2N5O/c12-5-1-2-6(13)7(3-5)19-10-8-9(16-4-15-8)17-11(14)18-10/h1-4H,(H3,14,15,16,17,18). The van der Waals surface area contributed by atoms with Crippen LogP contribution < -0.4 is 10.5 Å². The van der Waals surface area contributed by atoms with Crippen molar-refractivity contribution < 1.29 is 4.74 Å². The summed E-state index contributed by atoms with van der Waals surface area (Å²) < 4.78 is 5.62. The van der Waals surface area contributed by atoms with Gasteiger partial charge in [0, 0.05) is 11.1 Å². The van der Waals surface area contributed by atoms with Gasteiger partial charge in [-0.15, -0.1) is 0 Å². The molecule has 1 aromatic carbocycles. The fraction of sp³-hybridized carbons (Fsp3) is 0. The zero-order valence-electron chi connectivity index (χ0n) is 9.39. The number of hydrogen-bond acceptors (Lipinski definition) is 5. The number of halogens is 2. The molecule has 3 rings (SSSR count). The molecule has 0 spiro atoms. The molecular weight excluding hydrogens is 289 g/mol. The van der Waals surface area contributed by atoms with E-state index in [1.54, 1.807) is 18.2 Å². The van der Waals surface area contributed by atoms with E-state index in [1.807, 2.05) is 0 Å². The molecule has 3 aromatic rings. The summed E-state index contributed by atoms with van der Waals surface area (Å²) in [6, 6.07) is 4.88. The van der Waals surface area contributed by atoms with Crippen molar-refractivity contribution in [1.82, 2.24) is 19.9 Å². The lowest BCUT2D eigenvalue weighted by atomic mass is 10.3. The quantitative estimate of drug-likeness (QED) is 0.758. The minimum absolute atomic E-state index is 0.0627. The van der Waals surface area contributed by atoms with Gasteiger partial charge in [-0.2, -0.15) is 9.97 Å². The molecular formula is C11H7Cl2N5O. The summed E-state index contributed by atoms with van der Waals surface area (Å²) in [7, 11) is 0. The fourth-order valence-electron chi connectivity index (χ4n) is 1.56. The summed E-state index contributed by atoms with van der Waals surface area (Å²) >= 11 is 11.9. The van der Waals surface area contributed by atoms with Crippen LogP contribution in [-0.2, 0) is 0 Å². The van der Waals surface area contributed by atoms with E-state index in [9.17, 15) is 0 Å². The van der Waals surface area contributed by atoms with E-state index in [2.05, 4.69) is 19.9 Å². The third-order valence-corrected chi connectivity index (χ3v) is 2.92. The summed E-state index contributed by atoms with van der Waals surface area (Å²) in [5.74, 6) is 0.681. The summed E-state index contributed by atoms with van der Waals surface area (Å²) in [5, 5.41) is 0.913. The molecule has 19 heavy (non-hydrogen) atoms. The van der Waals surface area contributed by atoms with Gasteiger partial charge in [-0.25, -0.2) is 4.98 Å². The Morgan fingerprint density at radius 2 is 2.05 bits per heavy atom. The summed E-state index contributed by atoms with van der Waals surface area (Å²) in [6.45, 7) is 0. The zero-order valence-corrected chi connectivity index (χ0v) is 10.9. The van der Waals surface area contributed by atoms with Gasteiger partial charge in [0.2, 0.25) is 5.95 Å². The first-order chi connectivity index (χ1) is 9.13. The van der Waals surface area contributed by atoms with Crippen molar-refractivity contribution in [2.24, 2.45) is 0 Å². The molecule has 0 aliphatic rings. The number of aromatic amines is 1. The predicted octanol–water partition coefficient (Wildman–Crippen LogP) is 3.03. The molecule has 0 saturated heterocycles. The number of H-pyrrole nitrogens is 1. The number of aromatic nitrogens is 4. The van der Waals surface area contributed by atoms with Gasteiger partial charge in [0.05, 0.1) is 11.3 Å². The van der Waals surface area contributed by atoms with Crippen LogP contribution in [0.5, 0.6) is 11.6 Å². The van der Waals surface area contributed by atoms with Crippen molar-refractivity contribution in [3.05, 3.63) is 34.6 Å². The summed E-state index contributed by atoms with van der Waals surface area (Å²) in [6.07, 6.45) is 1.48. The van der Waals surface area contributed by atoms with Gasteiger partial charge in [-0.3, -0.25) is 0 Å². The van der Waals surface area contributed by atoms with Crippen LogP contribution in [-0.4, -0.2) is 19.9 Å². The molecule has 0 radical (unpaired) electrons. The lowest BCUT2D eigenvalue weighted by Gasteiger charge is -2.07. The number of nitrogens with one attached hydrogen (secondary N) is 1. The van der Waals surface area contributed by atoms with Gasteiger partial charge in [0.1, 0.15) is 11.3 Å². The molecule has 96 valence electrons. The largest absolute Gasteiger partial charge is 0.435 e. The number of ether oxygens (including phenoxy) is 1. The molecule has 0 aliphatic carbocycles. The van der Waals surface area contributed by atoms with Crippen molar-refractivity contribution in [3.63, 3.8) is 0 Å². The van der Waals surface area contributed by atoms with Crippen LogP contribution in [0.1, 0.15) is 0 Å². The molecule has 8 heteroatoms. The number of fused-ring (bicyclic) bond motifs is 1. The van der Waals surface area contributed by atoms with E-state index >= 15 is 0 Å². The molecule has 0 unspecified atom stereocenters. The predicted molar refractivity (Wildman–Crippen MR) is 72.6 cm³/mol. The highest BCUT2D eigenvalue weighted by atomic mass is 35.5. The zero-order chi connectivity index (χ0) is 13.4. The number of benzene rings is 1. The van der Waals surface area contributed by atoms with Crippen molar-refractivity contribution in [3.8, 4) is 11.6 Å². The Morgan fingerprint density at radius 3 is 2.89 bits per heavy atom. The highest BCUT2D eigenvalue weighted by Gasteiger charge is 2.12. The SMILES string of the molecule is Nc1nc(Oc2cc(Cl)ccc2Cl)c2[nH]cnc2n1. The summed E-state index contributed by atoms with van der Waals surface area (Å²) in [5.41, 5.74) is 6.54. The first-order valence-electron chi connectivity index (χ1n) is 5.23. The first kappa shape index (κ1) is 12.0. The van der Waals surface area contributed by atoms with Gasteiger partial charge in [0.15, 0.2) is 5.65 Å². The Balaban J connectivity index is 2.10. The average Bonchev–Trinajstić information content (AvgIpc) is 2.82. The highest BCUT2D eigenvalue weighted by molar-refractivity contribution is 6.34. The van der Waals surface area contributed by atoms with Crippen molar-refractivity contribution in [1.29, 1.82) is 0 Å². The maximum absolute atomic E-state index is 6.03. The minimum atomic E-state index is 0.0627. The number of nitrogen functional groups attached to an aromatic ring is 1. The van der Waals surface area contributed by atoms with E-state index in [1.165, 1.54) is 6.33 Å². The molecule has 3 N–H and O–H groups in total. The van der Waals surface area contributed by atoms with Crippen molar-refractivity contribution in [2.45, 2.75) is 0 Å². The van der Waals surface area contributed by atoms with Crippen LogP contribution in [0.15, 0.2) is 24.5 Å². The van der Waals surface area contributed by atoms with Crippen LogP contribution in [0.25, 0.3) is 11.2 Å². The number of anilines is 1. The van der Waals surface area contributed by atoms with Gasteiger partial charge in [-0.05, 0) is 12.1 Å². The van der Waals surface area contributed by atoms with Crippen molar-refractivity contribution in [2.75, 3.05) is 5.73 Å². The Labute approximate surface area is 117 Å². The lowest BCUT2D eigenvalue weighted by Crippen LogP contribution is -1.98. The normalized spacial score (nSPS) is 10.8. The summed E-state index contributed by atoms with van der Waals surface area (Å²) in [4.78, 5) is 14.8. The molecule has 0 bridgehead atoms. The van der Waals surface area contributed by atoms with Gasteiger partial charge in [-0.1, -0.05) is 23.2 Å². The van der Waals surface area contributed by atoms with Crippen molar-refractivity contribution >= 4 is 40.3 Å². The van der Waals surface area contributed by atoms with Gasteiger partial charge >= 0.3 is 0 Å². The molecule has 0 aliphatic heterocycles. The maximum Gasteiger partial charge on any atom is 0.250 e. The van der Waals surface area contributed by atoms with Crippen LogP contribution in [0, 0.1) is 0 Å². The Morgan fingerprint density at radius 1 is 1.21 bits per heavy atom. The molecule has 2 heterocycles. The molecule has 0 amide bonds. The molecule has 0 atom stereocenters. The number of nitrogens with two attached hydrogens (primary N) is 1. The molecule has 0 saturated carbocycles.